The molecule has 6 nitrogen and oxygen atoms in total. The zero-order valence-electron chi connectivity index (χ0n) is 9.82. The molecule has 0 radical (unpaired) electrons. The number of carbonyl (C=O) groups excluding carboxylic acids is 2. The van der Waals surface area contributed by atoms with E-state index in [0.717, 1.165) is 5.56 Å². The summed E-state index contributed by atoms with van der Waals surface area (Å²) in [4.78, 5) is 22.6. The van der Waals surface area contributed by atoms with E-state index in [4.69, 9.17) is 21.9 Å². The standard InChI is InChI=1S/C12H13N3O3/c1-18-9-3-5(11(14)16)2-7-6(9)4-8(13)10(7)12(15)17/h2-3H,4,13H2,1H3,(H2,14,16)(H2,15,17). The highest BCUT2D eigenvalue weighted by molar-refractivity contribution is 6.21. The van der Waals surface area contributed by atoms with E-state index in [1.54, 1.807) is 0 Å². The van der Waals surface area contributed by atoms with Crippen LogP contribution in [0.5, 0.6) is 5.75 Å². The zero-order chi connectivity index (χ0) is 13.4. The predicted octanol–water partition coefficient (Wildman–Crippen LogP) is -0.495. The zero-order valence-corrected chi connectivity index (χ0v) is 9.82. The molecule has 0 spiro atoms. The van der Waals surface area contributed by atoms with Crippen LogP contribution in [0.3, 0.4) is 0 Å². The topological polar surface area (TPSA) is 121 Å². The molecule has 0 unspecified atom stereocenters. The highest BCUT2D eigenvalue weighted by Crippen LogP contribution is 2.37. The number of rotatable bonds is 3. The quantitative estimate of drug-likeness (QED) is 0.666. The molecule has 0 aromatic heterocycles. The molecule has 0 fully saturated rings. The minimum absolute atomic E-state index is 0.228. The lowest BCUT2D eigenvalue weighted by molar-refractivity contribution is -0.112. The molecule has 94 valence electrons. The van der Waals surface area contributed by atoms with Crippen LogP contribution < -0.4 is 21.9 Å². The van der Waals surface area contributed by atoms with Crippen LogP contribution in [0, 0.1) is 0 Å². The van der Waals surface area contributed by atoms with Crippen molar-refractivity contribution in [1.82, 2.24) is 0 Å². The van der Waals surface area contributed by atoms with E-state index in [-0.39, 0.29) is 11.1 Å². The number of fused-ring (bicyclic) bond motifs is 1. The minimum Gasteiger partial charge on any atom is -0.496 e. The van der Waals surface area contributed by atoms with Crippen LogP contribution in [0.1, 0.15) is 21.5 Å². The molecule has 0 saturated heterocycles. The average molecular weight is 247 g/mol. The van der Waals surface area contributed by atoms with E-state index in [2.05, 4.69) is 0 Å². The Morgan fingerprint density at radius 2 is 1.89 bits per heavy atom. The summed E-state index contributed by atoms with van der Waals surface area (Å²) >= 11 is 0. The Hall–Kier alpha value is -2.50. The van der Waals surface area contributed by atoms with Crippen molar-refractivity contribution in [3.8, 4) is 5.75 Å². The fraction of sp³-hybridized carbons (Fsp3) is 0.167. The van der Waals surface area contributed by atoms with Gasteiger partial charge >= 0.3 is 0 Å². The normalized spacial score (nSPS) is 13.4. The maximum absolute atomic E-state index is 11.4. The molecule has 1 aliphatic rings. The second kappa shape index (κ2) is 4.06. The minimum atomic E-state index is -0.630. The van der Waals surface area contributed by atoms with Crippen LogP contribution in [0.4, 0.5) is 0 Å². The van der Waals surface area contributed by atoms with Crippen LogP contribution in [0.2, 0.25) is 0 Å². The SMILES string of the molecule is COc1cc(C(N)=O)cc2c1CC(N)=C2C(N)=O. The number of hydrogen-bond donors (Lipinski definition) is 3. The summed E-state index contributed by atoms with van der Waals surface area (Å²) in [5.41, 5.74) is 18.4. The molecule has 2 amide bonds. The van der Waals surface area contributed by atoms with Crippen molar-refractivity contribution < 1.29 is 14.3 Å². The number of carbonyl (C=O) groups is 2. The summed E-state index contributed by atoms with van der Waals surface area (Å²) in [5.74, 6) is -0.763. The van der Waals surface area contributed by atoms with Crippen molar-refractivity contribution in [2.24, 2.45) is 17.2 Å². The van der Waals surface area contributed by atoms with Gasteiger partial charge in [-0.05, 0) is 17.7 Å². The number of amides is 2. The molecule has 0 heterocycles. The van der Waals surface area contributed by atoms with Gasteiger partial charge < -0.3 is 21.9 Å². The van der Waals surface area contributed by atoms with Gasteiger partial charge in [0.1, 0.15) is 5.75 Å². The Balaban J connectivity index is 2.69. The summed E-state index contributed by atoms with van der Waals surface area (Å²) in [7, 11) is 1.47. The lowest BCUT2D eigenvalue weighted by Gasteiger charge is -2.10. The molecule has 0 aliphatic heterocycles. The third kappa shape index (κ3) is 1.67. The van der Waals surface area contributed by atoms with E-state index in [1.807, 2.05) is 0 Å². The maximum atomic E-state index is 11.4. The first-order valence-corrected chi connectivity index (χ1v) is 5.25. The van der Waals surface area contributed by atoms with Crippen LogP contribution in [-0.4, -0.2) is 18.9 Å². The Morgan fingerprint density at radius 1 is 1.22 bits per heavy atom. The summed E-state index contributed by atoms with van der Waals surface area (Å²) in [6.45, 7) is 0. The van der Waals surface area contributed by atoms with E-state index in [9.17, 15) is 9.59 Å². The fourth-order valence-corrected chi connectivity index (χ4v) is 2.12. The molecule has 1 aromatic carbocycles. The highest BCUT2D eigenvalue weighted by Gasteiger charge is 2.27. The Morgan fingerprint density at radius 3 is 2.39 bits per heavy atom. The smallest absolute Gasteiger partial charge is 0.251 e. The van der Waals surface area contributed by atoms with Gasteiger partial charge in [0.15, 0.2) is 0 Å². The molecular weight excluding hydrogens is 234 g/mol. The second-order valence-corrected chi connectivity index (χ2v) is 4.01. The molecule has 0 bridgehead atoms. The third-order valence-corrected chi connectivity index (χ3v) is 2.92. The van der Waals surface area contributed by atoms with Gasteiger partial charge in [-0.3, -0.25) is 9.59 Å². The Kier molecular flexibility index (Phi) is 2.70. The van der Waals surface area contributed by atoms with Gasteiger partial charge in [0, 0.05) is 23.2 Å². The molecule has 6 heteroatoms. The Labute approximate surface area is 103 Å². The van der Waals surface area contributed by atoms with Gasteiger partial charge in [-0.2, -0.15) is 0 Å². The first-order valence-electron chi connectivity index (χ1n) is 5.25. The van der Waals surface area contributed by atoms with E-state index in [1.165, 1.54) is 19.2 Å². The van der Waals surface area contributed by atoms with Crippen molar-refractivity contribution in [3.63, 3.8) is 0 Å². The predicted molar refractivity (Wildman–Crippen MR) is 65.5 cm³/mol. The number of primary amides is 2. The van der Waals surface area contributed by atoms with E-state index < -0.39 is 11.8 Å². The number of allylic oxidation sites excluding steroid dienone is 1. The molecule has 6 N–H and O–H groups in total. The van der Waals surface area contributed by atoms with Crippen LogP contribution in [0.15, 0.2) is 17.8 Å². The number of ether oxygens (including phenoxy) is 1. The van der Waals surface area contributed by atoms with Gasteiger partial charge in [-0.25, -0.2) is 0 Å². The van der Waals surface area contributed by atoms with Gasteiger partial charge in [-0.1, -0.05) is 0 Å². The van der Waals surface area contributed by atoms with Crippen molar-refractivity contribution in [1.29, 1.82) is 0 Å². The number of methoxy groups -OCH3 is 1. The van der Waals surface area contributed by atoms with E-state index >= 15 is 0 Å². The molecule has 0 saturated carbocycles. The summed E-state index contributed by atoms with van der Waals surface area (Å²) < 4.78 is 5.18. The average Bonchev–Trinajstić information content (AvgIpc) is 2.63. The largest absolute Gasteiger partial charge is 0.496 e. The van der Waals surface area contributed by atoms with Gasteiger partial charge in [0.05, 0.1) is 12.7 Å². The van der Waals surface area contributed by atoms with Crippen molar-refractivity contribution in [2.75, 3.05) is 7.11 Å². The Bertz CT molecular complexity index is 590. The van der Waals surface area contributed by atoms with Gasteiger partial charge in [-0.15, -0.1) is 0 Å². The monoisotopic (exact) mass is 247 g/mol. The summed E-state index contributed by atoms with van der Waals surface area (Å²) in [6, 6.07) is 3.04. The first-order chi connectivity index (χ1) is 8.45. The second-order valence-electron chi connectivity index (χ2n) is 4.01. The highest BCUT2D eigenvalue weighted by atomic mass is 16.5. The van der Waals surface area contributed by atoms with Crippen molar-refractivity contribution in [3.05, 3.63) is 34.5 Å². The van der Waals surface area contributed by atoms with Crippen LogP contribution in [-0.2, 0) is 11.2 Å². The van der Waals surface area contributed by atoms with Crippen molar-refractivity contribution >= 4 is 17.4 Å². The summed E-state index contributed by atoms with van der Waals surface area (Å²) in [6.07, 6.45) is 0.371. The lowest BCUT2D eigenvalue weighted by Crippen LogP contribution is -2.16. The maximum Gasteiger partial charge on any atom is 0.251 e. The van der Waals surface area contributed by atoms with Crippen LogP contribution >= 0.6 is 0 Å². The molecule has 1 aromatic rings. The summed E-state index contributed by atoms with van der Waals surface area (Å²) in [5, 5.41) is 0. The molecule has 18 heavy (non-hydrogen) atoms. The van der Waals surface area contributed by atoms with E-state index in [0.29, 0.717) is 23.4 Å². The van der Waals surface area contributed by atoms with Gasteiger partial charge in [0.25, 0.3) is 5.91 Å². The number of nitrogens with two attached hydrogens (primary N) is 3. The number of benzene rings is 1. The molecule has 0 atom stereocenters. The third-order valence-electron chi connectivity index (χ3n) is 2.92. The molecule has 1 aliphatic carbocycles. The first kappa shape index (κ1) is 12.0. The lowest BCUT2D eigenvalue weighted by atomic mass is 10.0. The van der Waals surface area contributed by atoms with Crippen LogP contribution in [0.25, 0.3) is 5.57 Å². The number of hydrogen-bond acceptors (Lipinski definition) is 4. The van der Waals surface area contributed by atoms with Gasteiger partial charge in [0.2, 0.25) is 5.91 Å². The van der Waals surface area contributed by atoms with Crippen molar-refractivity contribution in [2.45, 2.75) is 6.42 Å². The fourth-order valence-electron chi connectivity index (χ4n) is 2.12. The molecule has 2 rings (SSSR count). The molecular formula is C12H13N3O3.